The van der Waals surface area contributed by atoms with E-state index in [2.05, 4.69) is 16.0 Å². The van der Waals surface area contributed by atoms with Gasteiger partial charge in [0.15, 0.2) is 0 Å². The van der Waals surface area contributed by atoms with Gasteiger partial charge < -0.3 is 9.88 Å². The van der Waals surface area contributed by atoms with Crippen LogP contribution in [0.25, 0.3) is 11.3 Å². The Morgan fingerprint density at radius 3 is 2.67 bits per heavy atom. The molecule has 0 atom stereocenters. The summed E-state index contributed by atoms with van der Waals surface area (Å²) in [7, 11) is 0. The van der Waals surface area contributed by atoms with Crippen molar-refractivity contribution in [3.05, 3.63) is 47.6 Å². The lowest BCUT2D eigenvalue weighted by atomic mass is 10.1. The molecule has 0 saturated heterocycles. The van der Waals surface area contributed by atoms with Crippen molar-refractivity contribution in [3.8, 4) is 11.3 Å². The second-order valence-electron chi connectivity index (χ2n) is 4.08. The molecule has 1 aromatic heterocycles. The molecule has 0 fully saturated rings. The molecular weight excluding hydrogens is 248 g/mol. The largest absolute Gasteiger partial charge is 0.355 e. The van der Waals surface area contributed by atoms with Gasteiger partial charge in [0.25, 0.3) is 0 Å². The maximum Gasteiger partial charge on any atom is 0.216 e. The van der Waals surface area contributed by atoms with E-state index in [0.717, 1.165) is 22.8 Å². The molecule has 3 nitrogen and oxygen atoms in total. The molecule has 2 rings (SSSR count). The monoisotopic (exact) mass is 262 g/mol. The summed E-state index contributed by atoms with van der Waals surface area (Å²) in [5, 5.41) is 3.52. The first kappa shape index (κ1) is 12.7. The maximum absolute atomic E-state index is 10.8. The molecule has 1 aromatic carbocycles. The minimum absolute atomic E-state index is 0.00445. The molecular formula is C14H15ClN2O. The topological polar surface area (TPSA) is 34.0 Å². The summed E-state index contributed by atoms with van der Waals surface area (Å²) in [6.45, 7) is 2.91. The lowest BCUT2D eigenvalue weighted by Crippen LogP contribution is -2.24. The molecule has 18 heavy (non-hydrogen) atoms. The van der Waals surface area contributed by atoms with Crippen LogP contribution in [0.2, 0.25) is 5.02 Å². The van der Waals surface area contributed by atoms with Gasteiger partial charge in [0, 0.05) is 36.9 Å². The highest BCUT2D eigenvalue weighted by Crippen LogP contribution is 2.21. The standard InChI is InChI=1S/C14H15ClN2O/c1-11(18)16-8-10-17-9-2-3-14(17)12-4-6-13(15)7-5-12/h2-7,9H,8,10H2,1H3,(H,16,18). The number of hydrogen-bond donors (Lipinski definition) is 1. The Morgan fingerprint density at radius 1 is 1.28 bits per heavy atom. The summed E-state index contributed by atoms with van der Waals surface area (Å²) in [5.41, 5.74) is 2.24. The first-order valence-electron chi connectivity index (χ1n) is 5.82. The number of hydrogen-bond acceptors (Lipinski definition) is 1. The smallest absolute Gasteiger partial charge is 0.216 e. The van der Waals surface area contributed by atoms with Gasteiger partial charge in [-0.15, -0.1) is 0 Å². The van der Waals surface area contributed by atoms with E-state index in [0.29, 0.717) is 6.54 Å². The molecule has 4 heteroatoms. The quantitative estimate of drug-likeness (QED) is 0.903. The molecule has 0 spiro atoms. The van der Waals surface area contributed by atoms with Gasteiger partial charge in [-0.1, -0.05) is 23.7 Å². The third-order valence-electron chi connectivity index (χ3n) is 2.70. The van der Waals surface area contributed by atoms with Crippen molar-refractivity contribution in [1.29, 1.82) is 0 Å². The molecule has 0 aliphatic heterocycles. The fraction of sp³-hybridized carbons (Fsp3) is 0.214. The molecule has 0 radical (unpaired) electrons. The van der Waals surface area contributed by atoms with Gasteiger partial charge in [-0.05, 0) is 29.8 Å². The second kappa shape index (κ2) is 5.74. The summed E-state index contributed by atoms with van der Waals surface area (Å²) in [4.78, 5) is 10.8. The average Bonchev–Trinajstić information content (AvgIpc) is 2.78. The van der Waals surface area contributed by atoms with Crippen LogP contribution in [0.4, 0.5) is 0 Å². The van der Waals surface area contributed by atoms with Crippen molar-refractivity contribution in [2.24, 2.45) is 0 Å². The Kier molecular flexibility index (Phi) is 4.05. The van der Waals surface area contributed by atoms with Gasteiger partial charge in [-0.25, -0.2) is 0 Å². The Morgan fingerprint density at radius 2 is 2.00 bits per heavy atom. The number of benzene rings is 1. The molecule has 2 aromatic rings. The predicted molar refractivity (Wildman–Crippen MR) is 73.6 cm³/mol. The molecule has 0 aliphatic carbocycles. The van der Waals surface area contributed by atoms with Crippen LogP contribution in [-0.4, -0.2) is 17.0 Å². The molecule has 0 saturated carbocycles. The Hall–Kier alpha value is -1.74. The van der Waals surface area contributed by atoms with Crippen LogP contribution in [0.1, 0.15) is 6.92 Å². The van der Waals surface area contributed by atoms with Gasteiger partial charge in [0.1, 0.15) is 0 Å². The minimum Gasteiger partial charge on any atom is -0.355 e. The first-order chi connectivity index (χ1) is 8.66. The molecule has 1 N–H and O–H groups in total. The first-order valence-corrected chi connectivity index (χ1v) is 6.20. The van der Waals surface area contributed by atoms with E-state index in [1.807, 2.05) is 36.5 Å². The summed E-state index contributed by atoms with van der Waals surface area (Å²) in [6.07, 6.45) is 2.01. The Bertz CT molecular complexity index is 531. The van der Waals surface area contributed by atoms with Crippen molar-refractivity contribution in [3.63, 3.8) is 0 Å². The minimum atomic E-state index is -0.00445. The van der Waals surface area contributed by atoms with Crippen LogP contribution in [-0.2, 0) is 11.3 Å². The van der Waals surface area contributed by atoms with E-state index in [1.54, 1.807) is 0 Å². The number of amides is 1. The third kappa shape index (κ3) is 3.14. The molecule has 0 bridgehead atoms. The van der Waals surface area contributed by atoms with E-state index in [1.165, 1.54) is 6.92 Å². The number of halogens is 1. The van der Waals surface area contributed by atoms with Crippen molar-refractivity contribution < 1.29 is 4.79 Å². The van der Waals surface area contributed by atoms with Crippen LogP contribution in [0.15, 0.2) is 42.6 Å². The highest BCUT2D eigenvalue weighted by molar-refractivity contribution is 6.30. The second-order valence-corrected chi connectivity index (χ2v) is 4.51. The van der Waals surface area contributed by atoms with Crippen molar-refractivity contribution in [2.45, 2.75) is 13.5 Å². The van der Waals surface area contributed by atoms with Gasteiger partial charge in [-0.2, -0.15) is 0 Å². The van der Waals surface area contributed by atoms with Crippen LogP contribution in [0.5, 0.6) is 0 Å². The Balaban J connectivity index is 2.12. The normalized spacial score (nSPS) is 10.3. The van der Waals surface area contributed by atoms with Crippen LogP contribution < -0.4 is 5.32 Å². The average molecular weight is 263 g/mol. The molecule has 0 aliphatic rings. The number of rotatable bonds is 4. The van der Waals surface area contributed by atoms with Crippen molar-refractivity contribution in [1.82, 2.24) is 9.88 Å². The SMILES string of the molecule is CC(=O)NCCn1cccc1-c1ccc(Cl)cc1. The maximum atomic E-state index is 10.8. The number of aromatic nitrogens is 1. The summed E-state index contributed by atoms with van der Waals surface area (Å²) < 4.78 is 2.11. The van der Waals surface area contributed by atoms with E-state index in [9.17, 15) is 4.79 Å². The Labute approximate surface area is 111 Å². The summed E-state index contributed by atoms with van der Waals surface area (Å²) in [6, 6.07) is 11.8. The zero-order valence-electron chi connectivity index (χ0n) is 10.2. The highest BCUT2D eigenvalue weighted by atomic mass is 35.5. The van der Waals surface area contributed by atoms with Gasteiger partial charge in [0.2, 0.25) is 5.91 Å². The van der Waals surface area contributed by atoms with E-state index < -0.39 is 0 Å². The van der Waals surface area contributed by atoms with Crippen LogP contribution in [0.3, 0.4) is 0 Å². The van der Waals surface area contributed by atoms with E-state index >= 15 is 0 Å². The lowest BCUT2D eigenvalue weighted by Gasteiger charge is -2.09. The lowest BCUT2D eigenvalue weighted by molar-refractivity contribution is -0.118. The number of nitrogens with one attached hydrogen (secondary N) is 1. The third-order valence-corrected chi connectivity index (χ3v) is 2.95. The summed E-state index contributed by atoms with van der Waals surface area (Å²) in [5.74, 6) is -0.00445. The highest BCUT2D eigenvalue weighted by Gasteiger charge is 2.03. The van der Waals surface area contributed by atoms with Gasteiger partial charge in [-0.3, -0.25) is 4.79 Å². The predicted octanol–water partition coefficient (Wildman–Crippen LogP) is 2.94. The van der Waals surface area contributed by atoms with Crippen LogP contribution in [0, 0.1) is 0 Å². The van der Waals surface area contributed by atoms with Crippen molar-refractivity contribution >= 4 is 17.5 Å². The molecule has 1 amide bonds. The number of nitrogens with zero attached hydrogens (tertiary/aromatic N) is 1. The zero-order valence-corrected chi connectivity index (χ0v) is 10.9. The van der Waals surface area contributed by atoms with E-state index in [-0.39, 0.29) is 5.91 Å². The van der Waals surface area contributed by atoms with E-state index in [4.69, 9.17) is 11.6 Å². The van der Waals surface area contributed by atoms with Crippen LogP contribution >= 0.6 is 11.6 Å². The van der Waals surface area contributed by atoms with Gasteiger partial charge >= 0.3 is 0 Å². The number of carbonyl (C=O) groups is 1. The molecule has 0 unspecified atom stereocenters. The molecule has 1 heterocycles. The molecule has 94 valence electrons. The zero-order chi connectivity index (χ0) is 13.0. The summed E-state index contributed by atoms with van der Waals surface area (Å²) >= 11 is 5.88. The number of carbonyl (C=O) groups excluding carboxylic acids is 1. The van der Waals surface area contributed by atoms with Crippen molar-refractivity contribution in [2.75, 3.05) is 6.54 Å². The van der Waals surface area contributed by atoms with Gasteiger partial charge in [0.05, 0.1) is 0 Å². The fourth-order valence-corrected chi connectivity index (χ4v) is 1.97. The fourth-order valence-electron chi connectivity index (χ4n) is 1.84.